The second kappa shape index (κ2) is 7.50. The average Bonchev–Trinajstić information content (AvgIpc) is 2.70. The predicted octanol–water partition coefficient (Wildman–Crippen LogP) is 2.34. The molecule has 3 aromatic rings. The molecular formula is C21H23N3O3S. The van der Waals surface area contributed by atoms with Crippen molar-refractivity contribution in [3.05, 3.63) is 76.1 Å². The quantitative estimate of drug-likeness (QED) is 0.733. The molecule has 6 nitrogen and oxygen atoms in total. The summed E-state index contributed by atoms with van der Waals surface area (Å²) >= 11 is 0. The Morgan fingerprint density at radius 1 is 0.964 bits per heavy atom. The van der Waals surface area contributed by atoms with Gasteiger partial charge in [-0.3, -0.25) is 9.69 Å². The highest BCUT2D eigenvalue weighted by atomic mass is 32.2. The molecule has 0 aliphatic carbocycles. The summed E-state index contributed by atoms with van der Waals surface area (Å²) in [7, 11) is -3.46. The van der Waals surface area contributed by atoms with Crippen molar-refractivity contribution in [3.8, 4) is 0 Å². The van der Waals surface area contributed by atoms with Crippen molar-refractivity contribution in [2.24, 2.45) is 0 Å². The lowest BCUT2D eigenvalue weighted by Crippen LogP contribution is -2.48. The summed E-state index contributed by atoms with van der Waals surface area (Å²) in [6.45, 7) is 4.56. The molecule has 0 amide bonds. The number of aromatic amines is 1. The minimum absolute atomic E-state index is 0.0873. The number of aromatic nitrogens is 1. The molecule has 0 radical (unpaired) electrons. The van der Waals surface area contributed by atoms with Gasteiger partial charge in [0.1, 0.15) is 0 Å². The lowest BCUT2D eigenvalue weighted by Gasteiger charge is -2.33. The molecule has 2 aromatic carbocycles. The number of piperazine rings is 1. The van der Waals surface area contributed by atoms with Gasteiger partial charge < -0.3 is 4.98 Å². The van der Waals surface area contributed by atoms with Crippen LogP contribution >= 0.6 is 0 Å². The van der Waals surface area contributed by atoms with E-state index in [0.717, 1.165) is 16.5 Å². The summed E-state index contributed by atoms with van der Waals surface area (Å²) in [5.41, 5.74) is 2.59. The molecule has 1 saturated heterocycles. The van der Waals surface area contributed by atoms with Gasteiger partial charge in [0.15, 0.2) is 0 Å². The first-order valence-corrected chi connectivity index (χ1v) is 10.8. The Hall–Kier alpha value is -2.48. The Labute approximate surface area is 164 Å². The topological polar surface area (TPSA) is 73.5 Å². The molecule has 1 N–H and O–H groups in total. The van der Waals surface area contributed by atoms with Gasteiger partial charge in [0.2, 0.25) is 10.0 Å². The average molecular weight is 398 g/mol. The lowest BCUT2D eigenvalue weighted by molar-refractivity contribution is 0.181. The van der Waals surface area contributed by atoms with Gasteiger partial charge in [-0.1, -0.05) is 29.8 Å². The first-order valence-electron chi connectivity index (χ1n) is 9.33. The summed E-state index contributed by atoms with van der Waals surface area (Å²) < 4.78 is 27.0. The number of pyridine rings is 1. The molecule has 4 rings (SSSR count). The maximum absolute atomic E-state index is 12.7. The second-order valence-corrected chi connectivity index (χ2v) is 9.15. The van der Waals surface area contributed by atoms with Gasteiger partial charge in [0, 0.05) is 43.8 Å². The highest BCUT2D eigenvalue weighted by Crippen LogP contribution is 2.19. The van der Waals surface area contributed by atoms with Crippen LogP contribution in [0.1, 0.15) is 11.1 Å². The molecule has 146 valence electrons. The van der Waals surface area contributed by atoms with Crippen LogP contribution in [-0.2, 0) is 16.6 Å². The zero-order valence-electron chi connectivity index (χ0n) is 15.8. The highest BCUT2D eigenvalue weighted by molar-refractivity contribution is 7.89. The summed E-state index contributed by atoms with van der Waals surface area (Å²) in [5, 5.41) is 1.01. The van der Waals surface area contributed by atoms with Crippen molar-refractivity contribution in [1.29, 1.82) is 0 Å². The van der Waals surface area contributed by atoms with Gasteiger partial charge in [0.25, 0.3) is 5.56 Å². The Bertz CT molecular complexity index is 1150. The molecule has 1 aliphatic heterocycles. The van der Waals surface area contributed by atoms with Crippen LogP contribution in [0.5, 0.6) is 0 Å². The fourth-order valence-corrected chi connectivity index (χ4v) is 5.04. The number of benzene rings is 2. The van der Waals surface area contributed by atoms with E-state index in [4.69, 9.17) is 0 Å². The van der Waals surface area contributed by atoms with Crippen molar-refractivity contribution >= 4 is 20.9 Å². The number of nitrogens with zero attached hydrogens (tertiary/aromatic N) is 2. The first-order chi connectivity index (χ1) is 13.4. The van der Waals surface area contributed by atoms with Crippen molar-refractivity contribution in [2.45, 2.75) is 18.4 Å². The number of aryl methyl sites for hydroxylation is 1. The van der Waals surface area contributed by atoms with Crippen LogP contribution < -0.4 is 5.56 Å². The summed E-state index contributed by atoms with van der Waals surface area (Å²) in [6, 6.07) is 16.4. The molecule has 28 heavy (non-hydrogen) atoms. The van der Waals surface area contributed by atoms with Crippen LogP contribution in [0.2, 0.25) is 0 Å². The van der Waals surface area contributed by atoms with Crippen LogP contribution in [0, 0.1) is 6.92 Å². The van der Waals surface area contributed by atoms with Gasteiger partial charge >= 0.3 is 0 Å². The zero-order chi connectivity index (χ0) is 19.7. The van der Waals surface area contributed by atoms with Gasteiger partial charge in [-0.25, -0.2) is 8.42 Å². The monoisotopic (exact) mass is 397 g/mol. The maximum Gasteiger partial charge on any atom is 0.252 e. The number of nitrogens with one attached hydrogen (secondary N) is 1. The molecule has 0 saturated carbocycles. The first kappa shape index (κ1) is 18.9. The van der Waals surface area contributed by atoms with E-state index < -0.39 is 10.0 Å². The van der Waals surface area contributed by atoms with E-state index in [-0.39, 0.29) is 5.56 Å². The van der Waals surface area contributed by atoms with Crippen LogP contribution in [0.15, 0.2) is 64.3 Å². The standard InChI is InChI=1S/C21H23N3O3S/c1-16-7-8-20-17(13-16)14-18(21(25)22-20)15-23-9-11-24(12-10-23)28(26,27)19-5-3-2-4-6-19/h2-8,13-14H,9-12,15H2,1H3,(H,22,25). The minimum Gasteiger partial charge on any atom is -0.322 e. The Kier molecular flexibility index (Phi) is 5.05. The van der Waals surface area contributed by atoms with Crippen molar-refractivity contribution in [3.63, 3.8) is 0 Å². The van der Waals surface area contributed by atoms with E-state index in [9.17, 15) is 13.2 Å². The van der Waals surface area contributed by atoms with Crippen molar-refractivity contribution in [1.82, 2.24) is 14.2 Å². The summed E-state index contributed by atoms with van der Waals surface area (Å²) in [4.78, 5) is 17.8. The van der Waals surface area contributed by atoms with E-state index in [1.54, 1.807) is 30.3 Å². The molecule has 0 unspecified atom stereocenters. The molecule has 2 heterocycles. The van der Waals surface area contributed by atoms with Crippen LogP contribution in [0.4, 0.5) is 0 Å². The number of hydrogen-bond acceptors (Lipinski definition) is 4. The van der Waals surface area contributed by atoms with E-state index in [2.05, 4.69) is 16.0 Å². The predicted molar refractivity (Wildman–Crippen MR) is 110 cm³/mol. The molecule has 1 aromatic heterocycles. The molecule has 0 bridgehead atoms. The number of rotatable bonds is 4. The van der Waals surface area contributed by atoms with Gasteiger partial charge in [-0.2, -0.15) is 4.31 Å². The van der Waals surface area contributed by atoms with Gasteiger partial charge in [-0.05, 0) is 42.6 Å². The Morgan fingerprint density at radius 3 is 2.39 bits per heavy atom. The highest BCUT2D eigenvalue weighted by Gasteiger charge is 2.28. The van der Waals surface area contributed by atoms with E-state index >= 15 is 0 Å². The van der Waals surface area contributed by atoms with E-state index in [1.807, 2.05) is 25.1 Å². The van der Waals surface area contributed by atoms with Gasteiger partial charge in [-0.15, -0.1) is 0 Å². The minimum atomic E-state index is -3.46. The number of fused-ring (bicyclic) bond motifs is 1. The normalized spacial score (nSPS) is 16.5. The third-order valence-electron chi connectivity index (χ3n) is 5.18. The third-order valence-corrected chi connectivity index (χ3v) is 7.10. The molecule has 1 aliphatic rings. The second-order valence-electron chi connectivity index (χ2n) is 7.21. The molecule has 0 spiro atoms. The van der Waals surface area contributed by atoms with Crippen molar-refractivity contribution < 1.29 is 8.42 Å². The zero-order valence-corrected chi connectivity index (χ0v) is 16.6. The van der Waals surface area contributed by atoms with Crippen LogP contribution in [0.25, 0.3) is 10.9 Å². The number of H-pyrrole nitrogens is 1. The Balaban J connectivity index is 1.47. The smallest absolute Gasteiger partial charge is 0.252 e. The van der Waals surface area contributed by atoms with Crippen LogP contribution in [-0.4, -0.2) is 48.8 Å². The molecule has 1 fully saturated rings. The number of hydrogen-bond donors (Lipinski definition) is 1. The number of sulfonamides is 1. The largest absolute Gasteiger partial charge is 0.322 e. The summed E-state index contributed by atoms with van der Waals surface area (Å²) in [6.07, 6.45) is 0. The SMILES string of the molecule is Cc1ccc2[nH]c(=O)c(CN3CCN(S(=O)(=O)c4ccccc4)CC3)cc2c1. The Morgan fingerprint density at radius 2 is 1.68 bits per heavy atom. The van der Waals surface area contributed by atoms with Gasteiger partial charge in [0.05, 0.1) is 4.90 Å². The maximum atomic E-state index is 12.7. The fourth-order valence-electron chi connectivity index (χ4n) is 3.60. The van der Waals surface area contributed by atoms with Crippen LogP contribution in [0.3, 0.4) is 0 Å². The van der Waals surface area contributed by atoms with Crippen molar-refractivity contribution in [2.75, 3.05) is 26.2 Å². The van der Waals surface area contributed by atoms with E-state index in [0.29, 0.717) is 43.2 Å². The third kappa shape index (κ3) is 3.73. The summed E-state index contributed by atoms with van der Waals surface area (Å²) in [5.74, 6) is 0. The molecular weight excluding hydrogens is 374 g/mol. The molecule has 7 heteroatoms. The fraction of sp³-hybridized carbons (Fsp3) is 0.286. The van der Waals surface area contributed by atoms with E-state index in [1.165, 1.54) is 4.31 Å². The molecule has 0 atom stereocenters. The lowest BCUT2D eigenvalue weighted by atomic mass is 10.1.